The topological polar surface area (TPSA) is 56.6 Å². The van der Waals surface area contributed by atoms with E-state index in [0.717, 1.165) is 16.5 Å². The number of aryl methyl sites for hydroxylation is 1. The van der Waals surface area contributed by atoms with E-state index in [0.29, 0.717) is 11.1 Å². The van der Waals surface area contributed by atoms with Crippen molar-refractivity contribution in [1.82, 2.24) is 4.98 Å². The molecule has 0 amide bonds. The molecule has 0 aliphatic carbocycles. The highest BCUT2D eigenvalue weighted by Gasteiger charge is 2.17. The summed E-state index contributed by atoms with van der Waals surface area (Å²) in [6, 6.07) is 13.3. The number of fused-ring (bicyclic) bond motifs is 1. The summed E-state index contributed by atoms with van der Waals surface area (Å²) >= 11 is 0. The van der Waals surface area contributed by atoms with Crippen molar-refractivity contribution >= 4 is 22.8 Å². The van der Waals surface area contributed by atoms with E-state index in [1.54, 1.807) is 6.20 Å². The van der Waals surface area contributed by atoms with E-state index in [1.165, 1.54) is 30.3 Å². The largest absolute Gasteiger partial charge is 0.360 e. The summed E-state index contributed by atoms with van der Waals surface area (Å²) in [6.45, 7) is 1.92. The van der Waals surface area contributed by atoms with Gasteiger partial charge in [0.1, 0.15) is 17.5 Å². The number of carbonyl (C=O) groups is 1. The molecular formula is C19H13FN2O. The number of carbonyl (C=O) groups excluding carboxylic acids is 1. The first-order chi connectivity index (χ1) is 11.1. The van der Waals surface area contributed by atoms with Gasteiger partial charge in [-0.25, -0.2) is 4.39 Å². The average Bonchev–Trinajstić information content (AvgIpc) is 2.99. The van der Waals surface area contributed by atoms with Crippen LogP contribution in [0, 0.1) is 24.1 Å². The lowest BCUT2D eigenvalue weighted by Crippen LogP contribution is -2.01. The normalized spacial score (nSPS) is 11.4. The van der Waals surface area contributed by atoms with Crippen LogP contribution in [0.15, 0.2) is 54.2 Å². The van der Waals surface area contributed by atoms with Gasteiger partial charge >= 0.3 is 0 Å². The fraction of sp³-hybridized carbons (Fsp3) is 0.0526. The maximum absolute atomic E-state index is 13.0. The molecule has 112 valence electrons. The summed E-state index contributed by atoms with van der Waals surface area (Å²) in [5.41, 5.74) is 2.90. The average molecular weight is 304 g/mol. The Bertz CT molecular complexity index is 959. The molecular weight excluding hydrogens is 291 g/mol. The molecule has 2 aromatic carbocycles. The number of nitriles is 1. The molecule has 0 saturated heterocycles. The van der Waals surface area contributed by atoms with Crippen molar-refractivity contribution in [2.75, 3.05) is 0 Å². The number of Topliss-reactive ketones (excluding diaryl/α,β-unsaturated/α-hetero) is 1. The number of halogens is 1. The second kappa shape index (κ2) is 5.90. The molecule has 1 N–H and O–H groups in total. The molecule has 0 saturated carbocycles. The van der Waals surface area contributed by atoms with Crippen molar-refractivity contribution < 1.29 is 9.18 Å². The van der Waals surface area contributed by atoms with Gasteiger partial charge < -0.3 is 4.98 Å². The Labute approximate surface area is 132 Å². The van der Waals surface area contributed by atoms with Crippen LogP contribution >= 0.6 is 0 Å². The zero-order valence-electron chi connectivity index (χ0n) is 12.4. The van der Waals surface area contributed by atoms with Gasteiger partial charge in [-0.1, -0.05) is 24.3 Å². The fourth-order valence-electron chi connectivity index (χ4n) is 2.57. The van der Waals surface area contributed by atoms with Crippen LogP contribution in [0.5, 0.6) is 0 Å². The van der Waals surface area contributed by atoms with Crippen LogP contribution in [0.25, 0.3) is 17.0 Å². The minimum atomic E-state index is -0.362. The molecule has 0 fully saturated rings. The quantitative estimate of drug-likeness (QED) is 0.443. The minimum absolute atomic E-state index is 0.0146. The van der Waals surface area contributed by atoms with E-state index in [2.05, 4.69) is 4.98 Å². The minimum Gasteiger partial charge on any atom is -0.360 e. The molecule has 23 heavy (non-hydrogen) atoms. The molecule has 0 atom stereocenters. The summed E-state index contributed by atoms with van der Waals surface area (Å²) < 4.78 is 13.0. The number of benzene rings is 2. The number of H-pyrrole nitrogens is 1. The van der Waals surface area contributed by atoms with E-state index >= 15 is 0 Å². The zero-order chi connectivity index (χ0) is 16.4. The molecule has 0 radical (unpaired) electrons. The Morgan fingerprint density at radius 2 is 1.96 bits per heavy atom. The van der Waals surface area contributed by atoms with Crippen molar-refractivity contribution in [3.63, 3.8) is 0 Å². The molecule has 0 unspecified atom stereocenters. The molecule has 1 heterocycles. The Hall–Kier alpha value is -3.19. The second-order valence-electron chi connectivity index (χ2n) is 5.25. The van der Waals surface area contributed by atoms with Gasteiger partial charge in [-0.05, 0) is 42.3 Å². The first-order valence-corrected chi connectivity index (χ1v) is 7.09. The highest BCUT2D eigenvalue weighted by molar-refractivity contribution is 6.20. The van der Waals surface area contributed by atoms with Crippen LogP contribution in [0.2, 0.25) is 0 Å². The molecule has 1 aromatic heterocycles. The molecule has 4 heteroatoms. The summed E-state index contributed by atoms with van der Waals surface area (Å²) in [4.78, 5) is 15.7. The van der Waals surface area contributed by atoms with Gasteiger partial charge in [-0.3, -0.25) is 4.79 Å². The highest BCUT2D eigenvalue weighted by atomic mass is 19.1. The van der Waals surface area contributed by atoms with E-state index < -0.39 is 0 Å². The number of nitrogens with zero attached hydrogens (tertiary/aromatic N) is 1. The molecule has 0 spiro atoms. The number of hydrogen-bond donors (Lipinski definition) is 1. The Morgan fingerprint density at radius 1 is 1.22 bits per heavy atom. The number of aromatic nitrogens is 1. The van der Waals surface area contributed by atoms with Gasteiger partial charge in [0.05, 0.1) is 0 Å². The number of aromatic amines is 1. The summed E-state index contributed by atoms with van der Waals surface area (Å²) in [7, 11) is 0. The standard InChI is InChI=1S/C19H13FN2O/c1-12-3-2-4-17-18(12)16(11-22-17)19(23)14(10-21)9-13-5-7-15(20)8-6-13/h2-9,11,22H,1H3/b14-9-. The lowest BCUT2D eigenvalue weighted by atomic mass is 9.99. The van der Waals surface area contributed by atoms with Crippen molar-refractivity contribution in [3.8, 4) is 6.07 Å². The molecule has 0 aliphatic rings. The number of nitrogens with one attached hydrogen (secondary N) is 1. The monoisotopic (exact) mass is 304 g/mol. The highest BCUT2D eigenvalue weighted by Crippen LogP contribution is 2.24. The van der Waals surface area contributed by atoms with E-state index in [4.69, 9.17) is 0 Å². The van der Waals surface area contributed by atoms with E-state index in [1.807, 2.05) is 31.2 Å². The molecule has 3 nitrogen and oxygen atoms in total. The molecule has 3 rings (SSSR count). The second-order valence-corrected chi connectivity index (χ2v) is 5.25. The molecule has 3 aromatic rings. The van der Waals surface area contributed by atoms with Crippen molar-refractivity contribution in [1.29, 1.82) is 5.26 Å². The van der Waals surface area contributed by atoms with Crippen LogP contribution in [-0.4, -0.2) is 10.8 Å². The van der Waals surface area contributed by atoms with Crippen LogP contribution in [0.1, 0.15) is 21.5 Å². The van der Waals surface area contributed by atoms with Gasteiger partial charge in [0, 0.05) is 22.7 Å². The maximum atomic E-state index is 13.0. The predicted molar refractivity (Wildman–Crippen MR) is 87.4 cm³/mol. The fourth-order valence-corrected chi connectivity index (χ4v) is 2.57. The van der Waals surface area contributed by atoms with Crippen molar-refractivity contribution in [2.24, 2.45) is 0 Å². The maximum Gasteiger partial charge on any atom is 0.205 e. The third-order valence-electron chi connectivity index (χ3n) is 3.70. The summed E-state index contributed by atoms with van der Waals surface area (Å²) in [5, 5.41) is 10.1. The van der Waals surface area contributed by atoms with Crippen LogP contribution in [-0.2, 0) is 0 Å². The SMILES string of the molecule is Cc1cccc2[nH]cc(C(=O)/C(C#N)=C\c3ccc(F)cc3)c12. The predicted octanol–water partition coefficient (Wildman–Crippen LogP) is 4.41. The summed E-state index contributed by atoms with van der Waals surface area (Å²) in [6.07, 6.45) is 3.09. The third kappa shape index (κ3) is 2.77. The lowest BCUT2D eigenvalue weighted by molar-refractivity contribution is 0.104. The smallest absolute Gasteiger partial charge is 0.205 e. The van der Waals surface area contributed by atoms with Gasteiger partial charge in [-0.2, -0.15) is 5.26 Å². The van der Waals surface area contributed by atoms with Gasteiger partial charge in [-0.15, -0.1) is 0 Å². The van der Waals surface area contributed by atoms with Gasteiger partial charge in [0.2, 0.25) is 5.78 Å². The third-order valence-corrected chi connectivity index (χ3v) is 3.70. The Kier molecular flexibility index (Phi) is 3.78. The first kappa shape index (κ1) is 14.7. The zero-order valence-corrected chi connectivity index (χ0v) is 12.4. The lowest BCUT2D eigenvalue weighted by Gasteiger charge is -2.01. The van der Waals surface area contributed by atoms with Gasteiger partial charge in [0.25, 0.3) is 0 Å². The molecule has 0 aliphatic heterocycles. The first-order valence-electron chi connectivity index (χ1n) is 7.09. The van der Waals surface area contributed by atoms with Gasteiger partial charge in [0.15, 0.2) is 0 Å². The Balaban J connectivity index is 2.06. The van der Waals surface area contributed by atoms with Crippen molar-refractivity contribution in [2.45, 2.75) is 6.92 Å². The van der Waals surface area contributed by atoms with E-state index in [9.17, 15) is 14.4 Å². The molecule has 0 bridgehead atoms. The van der Waals surface area contributed by atoms with E-state index in [-0.39, 0.29) is 17.2 Å². The summed E-state index contributed by atoms with van der Waals surface area (Å²) in [5.74, 6) is -0.711. The number of ketones is 1. The number of allylic oxidation sites excluding steroid dienone is 1. The van der Waals surface area contributed by atoms with Crippen LogP contribution in [0.3, 0.4) is 0 Å². The van der Waals surface area contributed by atoms with Crippen LogP contribution in [0.4, 0.5) is 4.39 Å². The Morgan fingerprint density at radius 3 is 2.65 bits per heavy atom. The van der Waals surface area contributed by atoms with Crippen molar-refractivity contribution in [3.05, 3.63) is 76.7 Å². The number of hydrogen-bond acceptors (Lipinski definition) is 2. The number of rotatable bonds is 3. The van der Waals surface area contributed by atoms with Crippen LogP contribution < -0.4 is 0 Å².